The van der Waals surface area contributed by atoms with E-state index >= 15 is 0 Å². The largest absolute Gasteiger partial charge is 0.353 e. The maximum absolute atomic E-state index is 10.8. The summed E-state index contributed by atoms with van der Waals surface area (Å²) in [5.41, 5.74) is 5.38. The van der Waals surface area contributed by atoms with Crippen molar-refractivity contribution in [3.8, 4) is 0 Å². The average Bonchev–Trinajstić information content (AvgIpc) is 1.82. The lowest BCUT2D eigenvalue weighted by Gasteiger charge is -2.03. The van der Waals surface area contributed by atoms with Gasteiger partial charge < -0.3 is 11.1 Å². The molecule has 0 aliphatic carbocycles. The number of hydrogen-bond donors (Lipinski definition) is 2. The van der Waals surface area contributed by atoms with Gasteiger partial charge >= 0.3 is 0 Å². The summed E-state index contributed by atoms with van der Waals surface area (Å²) >= 11 is 0. The average molecular weight is 142 g/mol. The van der Waals surface area contributed by atoms with Gasteiger partial charge in [-0.15, -0.1) is 6.58 Å². The Balaban J connectivity index is 3.34. The molecule has 0 aliphatic rings. The molecule has 0 aliphatic heterocycles. The first-order valence-corrected chi connectivity index (χ1v) is 3.30. The molecular weight excluding hydrogens is 128 g/mol. The van der Waals surface area contributed by atoms with E-state index in [0.717, 1.165) is 0 Å². The monoisotopic (exact) mass is 142 g/mol. The number of nitrogens with one attached hydrogen (secondary N) is 1. The molecular formula is C7H14N2O. The smallest absolute Gasteiger partial charge is 0.221 e. The zero-order chi connectivity index (χ0) is 7.98. The van der Waals surface area contributed by atoms with Gasteiger partial charge in [0.05, 0.1) is 0 Å². The second-order valence-electron chi connectivity index (χ2n) is 2.27. The van der Waals surface area contributed by atoms with E-state index in [1.807, 2.05) is 0 Å². The highest BCUT2D eigenvalue weighted by atomic mass is 16.1. The van der Waals surface area contributed by atoms with Gasteiger partial charge in [0.1, 0.15) is 0 Å². The molecule has 0 spiro atoms. The Morgan fingerprint density at radius 3 is 2.90 bits per heavy atom. The van der Waals surface area contributed by atoms with Gasteiger partial charge in [-0.3, -0.25) is 4.79 Å². The predicted molar refractivity (Wildman–Crippen MR) is 41.5 cm³/mol. The molecule has 0 fully saturated rings. The molecule has 3 heteroatoms. The van der Waals surface area contributed by atoms with Gasteiger partial charge in [-0.2, -0.15) is 0 Å². The van der Waals surface area contributed by atoms with Crippen molar-refractivity contribution in [3.63, 3.8) is 0 Å². The SMILES string of the molecule is C=CCNC(=O)CC(C)N. The van der Waals surface area contributed by atoms with Gasteiger partial charge in [0.25, 0.3) is 0 Å². The van der Waals surface area contributed by atoms with Crippen LogP contribution in [0.15, 0.2) is 12.7 Å². The van der Waals surface area contributed by atoms with Crippen LogP contribution in [0.1, 0.15) is 13.3 Å². The molecule has 3 nitrogen and oxygen atoms in total. The van der Waals surface area contributed by atoms with E-state index in [9.17, 15) is 4.79 Å². The maximum atomic E-state index is 10.8. The number of amides is 1. The Hall–Kier alpha value is -0.830. The van der Waals surface area contributed by atoms with Crippen molar-refractivity contribution in [1.82, 2.24) is 5.32 Å². The zero-order valence-electron chi connectivity index (χ0n) is 6.26. The fourth-order valence-corrected chi connectivity index (χ4v) is 0.551. The van der Waals surface area contributed by atoms with E-state index in [2.05, 4.69) is 11.9 Å². The second-order valence-corrected chi connectivity index (χ2v) is 2.27. The quantitative estimate of drug-likeness (QED) is 0.544. The summed E-state index contributed by atoms with van der Waals surface area (Å²) in [6.45, 7) is 5.78. The van der Waals surface area contributed by atoms with Crippen LogP contribution in [0.2, 0.25) is 0 Å². The van der Waals surface area contributed by atoms with Gasteiger partial charge in [0, 0.05) is 19.0 Å². The van der Waals surface area contributed by atoms with Crippen LogP contribution < -0.4 is 11.1 Å². The van der Waals surface area contributed by atoms with Crippen LogP contribution in [-0.4, -0.2) is 18.5 Å². The number of carbonyl (C=O) groups excluding carboxylic acids is 1. The second kappa shape index (κ2) is 4.99. The Kier molecular flexibility index (Phi) is 4.58. The Labute approximate surface area is 61.3 Å². The molecule has 0 saturated heterocycles. The van der Waals surface area contributed by atoms with E-state index in [1.54, 1.807) is 13.0 Å². The Morgan fingerprint density at radius 2 is 2.50 bits per heavy atom. The molecule has 1 unspecified atom stereocenters. The summed E-state index contributed by atoms with van der Waals surface area (Å²) in [6, 6.07) is -0.0650. The van der Waals surface area contributed by atoms with Crippen molar-refractivity contribution >= 4 is 5.91 Å². The lowest BCUT2D eigenvalue weighted by atomic mass is 10.2. The van der Waals surface area contributed by atoms with Gasteiger partial charge in [-0.1, -0.05) is 6.08 Å². The summed E-state index contributed by atoms with van der Waals surface area (Å²) in [6.07, 6.45) is 2.02. The molecule has 0 aromatic rings. The van der Waals surface area contributed by atoms with Crippen LogP contribution in [0.4, 0.5) is 0 Å². The van der Waals surface area contributed by atoms with Crippen molar-refractivity contribution in [3.05, 3.63) is 12.7 Å². The molecule has 0 saturated carbocycles. The fraction of sp³-hybridized carbons (Fsp3) is 0.571. The third kappa shape index (κ3) is 5.31. The molecule has 1 atom stereocenters. The minimum atomic E-state index is -0.0650. The first-order chi connectivity index (χ1) is 4.66. The molecule has 0 heterocycles. The highest BCUT2D eigenvalue weighted by molar-refractivity contribution is 5.76. The first-order valence-electron chi connectivity index (χ1n) is 3.30. The molecule has 58 valence electrons. The lowest BCUT2D eigenvalue weighted by molar-refractivity contribution is -0.121. The highest BCUT2D eigenvalue weighted by Crippen LogP contribution is 1.84. The lowest BCUT2D eigenvalue weighted by Crippen LogP contribution is -2.29. The van der Waals surface area contributed by atoms with Gasteiger partial charge in [0.15, 0.2) is 0 Å². The van der Waals surface area contributed by atoms with Gasteiger partial charge in [-0.25, -0.2) is 0 Å². The van der Waals surface area contributed by atoms with Crippen molar-refractivity contribution in [2.24, 2.45) is 5.73 Å². The maximum Gasteiger partial charge on any atom is 0.221 e. The molecule has 3 N–H and O–H groups in total. The van der Waals surface area contributed by atoms with E-state index in [1.165, 1.54) is 0 Å². The number of nitrogens with two attached hydrogens (primary N) is 1. The van der Waals surface area contributed by atoms with Crippen molar-refractivity contribution < 1.29 is 4.79 Å². The predicted octanol–water partition coefficient (Wildman–Crippen LogP) is 0.0259. The van der Waals surface area contributed by atoms with Crippen molar-refractivity contribution in [2.45, 2.75) is 19.4 Å². The number of carbonyl (C=O) groups is 1. The number of rotatable bonds is 4. The normalized spacial score (nSPS) is 12.2. The third-order valence-electron chi connectivity index (χ3n) is 0.951. The third-order valence-corrected chi connectivity index (χ3v) is 0.951. The van der Waals surface area contributed by atoms with Crippen LogP contribution >= 0.6 is 0 Å². The summed E-state index contributed by atoms with van der Waals surface area (Å²) in [5.74, 6) is -0.0186. The minimum Gasteiger partial charge on any atom is -0.353 e. The Bertz CT molecular complexity index is 121. The van der Waals surface area contributed by atoms with E-state index in [0.29, 0.717) is 13.0 Å². The van der Waals surface area contributed by atoms with E-state index in [-0.39, 0.29) is 11.9 Å². The summed E-state index contributed by atoms with van der Waals surface area (Å²) in [4.78, 5) is 10.8. The van der Waals surface area contributed by atoms with E-state index < -0.39 is 0 Å². The highest BCUT2D eigenvalue weighted by Gasteiger charge is 2.01. The molecule has 10 heavy (non-hydrogen) atoms. The van der Waals surface area contributed by atoms with Crippen LogP contribution in [0.3, 0.4) is 0 Å². The summed E-state index contributed by atoms with van der Waals surface area (Å²) in [5, 5.41) is 2.63. The van der Waals surface area contributed by atoms with Crippen LogP contribution in [0, 0.1) is 0 Å². The fourth-order valence-electron chi connectivity index (χ4n) is 0.551. The molecule has 0 rings (SSSR count). The van der Waals surface area contributed by atoms with Crippen molar-refractivity contribution in [1.29, 1.82) is 0 Å². The minimum absolute atomic E-state index is 0.0186. The molecule has 0 bridgehead atoms. The molecule has 0 aromatic carbocycles. The Morgan fingerprint density at radius 1 is 1.90 bits per heavy atom. The molecule has 0 radical (unpaired) electrons. The van der Waals surface area contributed by atoms with Crippen LogP contribution in [0.25, 0.3) is 0 Å². The van der Waals surface area contributed by atoms with Crippen LogP contribution in [-0.2, 0) is 4.79 Å². The first kappa shape index (κ1) is 9.17. The summed E-state index contributed by atoms with van der Waals surface area (Å²) < 4.78 is 0. The van der Waals surface area contributed by atoms with E-state index in [4.69, 9.17) is 5.73 Å². The van der Waals surface area contributed by atoms with Crippen LogP contribution in [0.5, 0.6) is 0 Å². The topological polar surface area (TPSA) is 55.1 Å². The van der Waals surface area contributed by atoms with Crippen molar-refractivity contribution in [2.75, 3.05) is 6.54 Å². The standard InChI is InChI=1S/C7H14N2O/c1-3-4-9-7(10)5-6(2)8/h3,6H,1,4-5,8H2,2H3,(H,9,10). The zero-order valence-corrected chi connectivity index (χ0v) is 6.26. The number of hydrogen-bond acceptors (Lipinski definition) is 2. The van der Waals surface area contributed by atoms with Gasteiger partial charge in [-0.05, 0) is 6.92 Å². The summed E-state index contributed by atoms with van der Waals surface area (Å²) in [7, 11) is 0. The van der Waals surface area contributed by atoms with Gasteiger partial charge in [0.2, 0.25) is 5.91 Å². The molecule has 1 amide bonds. The molecule has 0 aromatic heterocycles.